The van der Waals surface area contributed by atoms with E-state index in [0.717, 1.165) is 22.8 Å². The van der Waals surface area contributed by atoms with Gasteiger partial charge in [0, 0.05) is 6.20 Å². The zero-order valence-electron chi connectivity index (χ0n) is 18.8. The van der Waals surface area contributed by atoms with Crippen LogP contribution in [-0.4, -0.2) is 17.8 Å². The number of allylic oxidation sites excluding steroid dienone is 1. The largest absolute Gasteiger partial charge is 0.438 e. The lowest BCUT2D eigenvalue weighted by atomic mass is 10.1. The normalized spacial score (nSPS) is 11.9. The van der Waals surface area contributed by atoms with E-state index in [9.17, 15) is 18.5 Å². The van der Waals surface area contributed by atoms with Crippen LogP contribution in [0.4, 0.5) is 0 Å². The van der Waals surface area contributed by atoms with Gasteiger partial charge in [-0.1, -0.05) is 35.9 Å². The molecule has 4 aromatic rings. The molecule has 4 rings (SSSR count). The Kier molecular flexibility index (Phi) is 6.05. The first-order valence-corrected chi connectivity index (χ1v) is 11.9. The number of ether oxygens (including phenoxy) is 1. The first kappa shape index (κ1) is 23.0. The van der Waals surface area contributed by atoms with E-state index in [4.69, 9.17) is 4.74 Å². The molecule has 170 valence electrons. The maximum absolute atomic E-state index is 13.3. The van der Waals surface area contributed by atoms with E-state index in [1.54, 1.807) is 42.5 Å². The number of nitrogens with zero attached hydrogens (tertiary/aromatic N) is 3. The van der Waals surface area contributed by atoms with Gasteiger partial charge in [-0.3, -0.25) is 9.20 Å². The Bertz CT molecular complexity index is 1640. The van der Waals surface area contributed by atoms with Crippen molar-refractivity contribution in [3.05, 3.63) is 104 Å². The highest BCUT2D eigenvalue weighted by Crippen LogP contribution is 2.29. The van der Waals surface area contributed by atoms with E-state index in [1.165, 1.54) is 22.7 Å². The number of hydrogen-bond acceptors (Lipinski definition) is 6. The van der Waals surface area contributed by atoms with Crippen molar-refractivity contribution in [1.82, 2.24) is 9.38 Å². The van der Waals surface area contributed by atoms with Crippen molar-refractivity contribution in [1.29, 1.82) is 5.26 Å². The highest BCUT2D eigenvalue weighted by molar-refractivity contribution is 7.95. The molecule has 0 bridgehead atoms. The molecule has 0 unspecified atom stereocenters. The second-order valence-electron chi connectivity index (χ2n) is 7.80. The molecule has 0 spiro atoms. The molecule has 0 aliphatic rings. The topological polar surface area (TPSA) is 102 Å². The molecule has 34 heavy (non-hydrogen) atoms. The molecule has 0 radical (unpaired) electrons. The Balaban J connectivity index is 1.95. The summed E-state index contributed by atoms with van der Waals surface area (Å²) < 4.78 is 33.6. The van der Waals surface area contributed by atoms with Crippen LogP contribution in [0.25, 0.3) is 11.7 Å². The van der Waals surface area contributed by atoms with Gasteiger partial charge < -0.3 is 4.74 Å². The SMILES string of the molecule is Cc1ccc(S(=O)(=O)C(C#N)=Cc2c(Oc3cccc(C)c3C)nc3ccccn3c2=O)cc1. The lowest BCUT2D eigenvalue weighted by Crippen LogP contribution is -2.19. The predicted molar refractivity (Wildman–Crippen MR) is 129 cm³/mol. The van der Waals surface area contributed by atoms with E-state index in [-0.39, 0.29) is 16.3 Å². The highest BCUT2D eigenvalue weighted by atomic mass is 32.2. The molecule has 2 heterocycles. The van der Waals surface area contributed by atoms with E-state index >= 15 is 0 Å². The van der Waals surface area contributed by atoms with Crippen LogP contribution >= 0.6 is 0 Å². The summed E-state index contributed by atoms with van der Waals surface area (Å²) >= 11 is 0. The van der Waals surface area contributed by atoms with Gasteiger partial charge in [-0.15, -0.1) is 0 Å². The first-order chi connectivity index (χ1) is 16.2. The number of pyridine rings is 1. The van der Waals surface area contributed by atoms with E-state index in [2.05, 4.69) is 4.98 Å². The molecule has 0 fully saturated rings. The molecule has 0 atom stereocenters. The molecule has 0 aliphatic carbocycles. The van der Waals surface area contributed by atoms with Crippen molar-refractivity contribution in [2.75, 3.05) is 0 Å². The van der Waals surface area contributed by atoms with Gasteiger partial charge in [-0.25, -0.2) is 8.42 Å². The second-order valence-corrected chi connectivity index (χ2v) is 9.72. The lowest BCUT2D eigenvalue weighted by molar-refractivity contribution is 0.457. The highest BCUT2D eigenvalue weighted by Gasteiger charge is 2.23. The third kappa shape index (κ3) is 4.21. The number of aromatic nitrogens is 2. The molecule has 0 amide bonds. The van der Waals surface area contributed by atoms with Gasteiger partial charge in [0.1, 0.15) is 27.9 Å². The molecule has 8 heteroatoms. The van der Waals surface area contributed by atoms with E-state index in [1.807, 2.05) is 32.9 Å². The van der Waals surface area contributed by atoms with Crippen LogP contribution in [0.1, 0.15) is 22.3 Å². The Hall–Kier alpha value is -4.22. The van der Waals surface area contributed by atoms with Gasteiger partial charge in [0.05, 0.1) is 4.90 Å². The average Bonchev–Trinajstić information content (AvgIpc) is 2.82. The quantitative estimate of drug-likeness (QED) is 0.389. The number of benzene rings is 2. The fourth-order valence-electron chi connectivity index (χ4n) is 3.37. The van der Waals surface area contributed by atoms with Crippen LogP contribution in [0.3, 0.4) is 0 Å². The molecule has 0 saturated carbocycles. The van der Waals surface area contributed by atoms with Gasteiger partial charge in [-0.2, -0.15) is 10.2 Å². The summed E-state index contributed by atoms with van der Waals surface area (Å²) in [5.74, 6) is 0.387. The maximum Gasteiger partial charge on any atom is 0.269 e. The lowest BCUT2D eigenvalue weighted by Gasteiger charge is -2.13. The molecule has 0 saturated heterocycles. The zero-order valence-corrected chi connectivity index (χ0v) is 19.6. The van der Waals surface area contributed by atoms with E-state index in [0.29, 0.717) is 11.4 Å². The molecule has 2 aromatic heterocycles. The van der Waals surface area contributed by atoms with Crippen molar-refractivity contribution < 1.29 is 13.2 Å². The molecular formula is C26H21N3O4S. The van der Waals surface area contributed by atoms with Gasteiger partial charge in [0.2, 0.25) is 15.7 Å². The number of aryl methyl sites for hydroxylation is 2. The third-order valence-electron chi connectivity index (χ3n) is 5.50. The summed E-state index contributed by atoms with van der Waals surface area (Å²) in [6.45, 7) is 5.63. The van der Waals surface area contributed by atoms with Crippen LogP contribution in [0.2, 0.25) is 0 Å². The number of sulfone groups is 1. The molecule has 2 aromatic carbocycles. The fraction of sp³-hybridized carbons (Fsp3) is 0.115. The number of fused-ring (bicyclic) bond motifs is 1. The smallest absolute Gasteiger partial charge is 0.269 e. The minimum Gasteiger partial charge on any atom is -0.438 e. The monoisotopic (exact) mass is 471 g/mol. The van der Waals surface area contributed by atoms with Crippen LogP contribution in [0.15, 0.2) is 81.5 Å². The maximum atomic E-state index is 13.3. The number of rotatable bonds is 5. The van der Waals surface area contributed by atoms with Crippen molar-refractivity contribution in [3.8, 4) is 17.7 Å². The molecular weight excluding hydrogens is 450 g/mol. The fourth-order valence-corrected chi connectivity index (χ4v) is 4.51. The zero-order chi connectivity index (χ0) is 24.5. The van der Waals surface area contributed by atoms with Crippen molar-refractivity contribution >= 4 is 21.6 Å². The van der Waals surface area contributed by atoms with Crippen molar-refractivity contribution in [2.45, 2.75) is 25.7 Å². The third-order valence-corrected chi connectivity index (χ3v) is 7.18. The summed E-state index contributed by atoms with van der Waals surface area (Å²) in [5.41, 5.74) is 2.33. The first-order valence-electron chi connectivity index (χ1n) is 10.4. The average molecular weight is 472 g/mol. The summed E-state index contributed by atoms with van der Waals surface area (Å²) in [5, 5.41) is 9.74. The summed E-state index contributed by atoms with van der Waals surface area (Å²) in [6, 6.07) is 18.4. The summed E-state index contributed by atoms with van der Waals surface area (Å²) in [7, 11) is -4.17. The van der Waals surface area contributed by atoms with Gasteiger partial charge >= 0.3 is 0 Å². The van der Waals surface area contributed by atoms with Gasteiger partial charge in [-0.05, 0) is 68.3 Å². The predicted octanol–water partition coefficient (Wildman–Crippen LogP) is 4.75. The Morgan fingerprint density at radius 1 is 1.03 bits per heavy atom. The number of hydrogen-bond donors (Lipinski definition) is 0. The standard InChI is InChI=1S/C26H21N3O4S/c1-17-10-12-20(13-11-17)34(31,32)21(16-27)15-22-25(33-23-8-6-7-18(2)19(23)3)28-24-9-4-5-14-29(24)26(22)30/h4-15H,1-3H3. The second kappa shape index (κ2) is 8.96. The Morgan fingerprint density at radius 3 is 2.47 bits per heavy atom. The summed E-state index contributed by atoms with van der Waals surface area (Å²) in [4.78, 5) is 17.2. The van der Waals surface area contributed by atoms with Crippen molar-refractivity contribution in [2.24, 2.45) is 0 Å². The molecule has 7 nitrogen and oxygen atoms in total. The van der Waals surface area contributed by atoms with Gasteiger partial charge in [0.15, 0.2) is 0 Å². The van der Waals surface area contributed by atoms with Gasteiger partial charge in [0.25, 0.3) is 5.56 Å². The van der Waals surface area contributed by atoms with Crippen LogP contribution < -0.4 is 10.3 Å². The van der Waals surface area contributed by atoms with Crippen LogP contribution in [0, 0.1) is 32.1 Å². The van der Waals surface area contributed by atoms with Crippen molar-refractivity contribution in [3.63, 3.8) is 0 Å². The Labute approximate surface area is 197 Å². The Morgan fingerprint density at radius 2 is 1.76 bits per heavy atom. The molecule has 0 N–H and O–H groups in total. The molecule has 0 aliphatic heterocycles. The van der Waals surface area contributed by atoms with E-state index < -0.39 is 20.3 Å². The minimum atomic E-state index is -4.17. The minimum absolute atomic E-state index is 0.0447. The van der Waals surface area contributed by atoms with Crippen LogP contribution in [0.5, 0.6) is 11.6 Å². The number of nitriles is 1. The van der Waals surface area contributed by atoms with Crippen LogP contribution in [-0.2, 0) is 9.84 Å². The summed E-state index contributed by atoms with van der Waals surface area (Å²) in [6.07, 6.45) is 2.55.